The molecule has 0 bridgehead atoms. The van der Waals surface area contributed by atoms with Crippen molar-refractivity contribution in [2.45, 2.75) is 49.7 Å². The molecule has 3 aliphatic rings. The van der Waals surface area contributed by atoms with Gasteiger partial charge in [0, 0.05) is 30.3 Å². The van der Waals surface area contributed by atoms with E-state index in [4.69, 9.17) is 4.74 Å². The summed E-state index contributed by atoms with van der Waals surface area (Å²) in [7, 11) is 0. The van der Waals surface area contributed by atoms with Gasteiger partial charge < -0.3 is 10.1 Å². The molecular weight excluding hydrogens is 342 g/mol. The number of nitrogens with zero attached hydrogens (tertiary/aromatic N) is 2. The maximum Gasteiger partial charge on any atom is 0.107 e. The van der Waals surface area contributed by atoms with Crippen LogP contribution in [0.4, 0.5) is 0 Å². The molecule has 5 rings (SSSR count). The molecule has 2 aromatic rings. The Morgan fingerprint density at radius 3 is 2.92 bits per heavy atom. The molecule has 2 aliphatic heterocycles. The first-order valence-corrected chi connectivity index (χ1v) is 10.7. The zero-order valence-electron chi connectivity index (χ0n) is 15.2. The highest BCUT2D eigenvalue weighted by Crippen LogP contribution is 2.51. The summed E-state index contributed by atoms with van der Waals surface area (Å²) < 4.78 is 5.58. The molecule has 2 fully saturated rings. The Balaban J connectivity index is 1.31. The molecule has 1 aliphatic carbocycles. The molecule has 0 amide bonds. The summed E-state index contributed by atoms with van der Waals surface area (Å²) in [6.07, 6.45) is 6.83. The predicted octanol–water partition coefficient (Wildman–Crippen LogP) is 3.50. The van der Waals surface area contributed by atoms with Crippen LogP contribution >= 0.6 is 11.3 Å². The Kier molecular flexibility index (Phi) is 4.57. The van der Waals surface area contributed by atoms with Crippen molar-refractivity contribution in [1.29, 1.82) is 0 Å². The van der Waals surface area contributed by atoms with Crippen LogP contribution in [0.1, 0.15) is 47.9 Å². The third-order valence-electron chi connectivity index (χ3n) is 6.52. The van der Waals surface area contributed by atoms with Crippen LogP contribution in [0, 0.1) is 0 Å². The van der Waals surface area contributed by atoms with Gasteiger partial charge in [-0.25, -0.2) is 4.98 Å². The minimum Gasteiger partial charge on any atom is -0.380 e. The number of thiazole rings is 1. The second-order valence-corrected chi connectivity index (χ2v) is 9.03. The Labute approximate surface area is 159 Å². The summed E-state index contributed by atoms with van der Waals surface area (Å²) in [6.45, 7) is 5.13. The van der Waals surface area contributed by atoms with Gasteiger partial charge in [0.1, 0.15) is 5.01 Å². The van der Waals surface area contributed by atoms with Crippen molar-refractivity contribution in [3.05, 3.63) is 52.0 Å². The van der Waals surface area contributed by atoms with E-state index >= 15 is 0 Å². The first-order chi connectivity index (χ1) is 12.8. The largest absolute Gasteiger partial charge is 0.380 e. The van der Waals surface area contributed by atoms with Crippen LogP contribution < -0.4 is 5.32 Å². The van der Waals surface area contributed by atoms with E-state index in [0.29, 0.717) is 17.5 Å². The van der Waals surface area contributed by atoms with E-state index in [2.05, 4.69) is 44.8 Å². The van der Waals surface area contributed by atoms with E-state index in [-0.39, 0.29) is 0 Å². The fourth-order valence-electron chi connectivity index (χ4n) is 5.13. The normalized spacial score (nSPS) is 27.8. The van der Waals surface area contributed by atoms with E-state index < -0.39 is 0 Å². The zero-order chi connectivity index (χ0) is 17.4. The van der Waals surface area contributed by atoms with Gasteiger partial charge in [-0.15, -0.1) is 11.3 Å². The number of piperidine rings is 1. The minimum atomic E-state index is 0.354. The van der Waals surface area contributed by atoms with Crippen LogP contribution in [0.2, 0.25) is 0 Å². The van der Waals surface area contributed by atoms with Gasteiger partial charge in [0.15, 0.2) is 0 Å². The zero-order valence-corrected chi connectivity index (χ0v) is 16.0. The first kappa shape index (κ1) is 16.9. The molecule has 2 atom stereocenters. The van der Waals surface area contributed by atoms with Crippen LogP contribution in [-0.4, -0.2) is 42.2 Å². The van der Waals surface area contributed by atoms with E-state index in [0.717, 1.165) is 26.2 Å². The van der Waals surface area contributed by atoms with E-state index in [1.54, 1.807) is 16.9 Å². The van der Waals surface area contributed by atoms with E-state index in [9.17, 15) is 0 Å². The number of fused-ring (bicyclic) bond motifs is 2. The van der Waals surface area contributed by atoms with Gasteiger partial charge >= 0.3 is 0 Å². The molecule has 0 radical (unpaired) electrons. The number of likely N-dealkylation sites (tertiary alicyclic amines) is 1. The fraction of sp³-hybridized carbons (Fsp3) is 0.571. The number of ether oxygens (including phenoxy) is 1. The van der Waals surface area contributed by atoms with Crippen molar-refractivity contribution in [2.75, 3.05) is 26.3 Å². The Bertz CT molecular complexity index is 733. The summed E-state index contributed by atoms with van der Waals surface area (Å²) in [5.41, 5.74) is 3.49. The van der Waals surface area contributed by atoms with Gasteiger partial charge in [-0.3, -0.25) is 4.90 Å². The maximum atomic E-state index is 5.58. The van der Waals surface area contributed by atoms with Crippen molar-refractivity contribution in [2.24, 2.45) is 0 Å². The van der Waals surface area contributed by atoms with Crippen molar-refractivity contribution >= 4 is 11.3 Å². The summed E-state index contributed by atoms with van der Waals surface area (Å²) in [4.78, 5) is 7.04. The smallest absolute Gasteiger partial charge is 0.107 e. The SMILES string of the molecule is c1ccc2c(c1)[C@H](N[C@H]1CCOC1)CC21CCN(Cc2nccs2)CC1. The van der Waals surface area contributed by atoms with Crippen molar-refractivity contribution in [3.8, 4) is 0 Å². The number of hydrogen-bond acceptors (Lipinski definition) is 5. The molecule has 138 valence electrons. The van der Waals surface area contributed by atoms with Crippen molar-refractivity contribution in [1.82, 2.24) is 15.2 Å². The molecule has 1 aromatic heterocycles. The average Bonchev–Trinajstić information content (AvgIpc) is 3.41. The second-order valence-electron chi connectivity index (χ2n) is 8.05. The van der Waals surface area contributed by atoms with Gasteiger partial charge in [0.25, 0.3) is 0 Å². The number of benzene rings is 1. The van der Waals surface area contributed by atoms with Crippen LogP contribution in [0.3, 0.4) is 0 Å². The van der Waals surface area contributed by atoms with Crippen molar-refractivity contribution in [3.63, 3.8) is 0 Å². The summed E-state index contributed by atoms with van der Waals surface area (Å²) in [6, 6.07) is 10.2. The molecule has 0 saturated carbocycles. The lowest BCUT2D eigenvalue weighted by atomic mass is 9.73. The molecule has 2 saturated heterocycles. The van der Waals surface area contributed by atoms with Gasteiger partial charge in [-0.2, -0.15) is 0 Å². The molecular formula is C21H27N3OS. The van der Waals surface area contributed by atoms with Gasteiger partial charge in [-0.1, -0.05) is 24.3 Å². The molecule has 5 heteroatoms. The Morgan fingerprint density at radius 2 is 2.15 bits per heavy atom. The monoisotopic (exact) mass is 369 g/mol. The first-order valence-electron chi connectivity index (χ1n) is 9.86. The molecule has 1 aromatic carbocycles. The molecule has 0 unspecified atom stereocenters. The number of rotatable bonds is 4. The molecule has 3 heterocycles. The van der Waals surface area contributed by atoms with Crippen LogP contribution in [0.25, 0.3) is 0 Å². The van der Waals surface area contributed by atoms with Crippen LogP contribution in [-0.2, 0) is 16.7 Å². The molecule has 1 N–H and O–H groups in total. The van der Waals surface area contributed by atoms with Crippen molar-refractivity contribution < 1.29 is 4.74 Å². The Hall–Kier alpha value is -1.27. The van der Waals surface area contributed by atoms with Crippen LogP contribution in [0.15, 0.2) is 35.8 Å². The van der Waals surface area contributed by atoms with E-state index in [1.165, 1.54) is 42.9 Å². The third-order valence-corrected chi connectivity index (χ3v) is 7.29. The Morgan fingerprint density at radius 1 is 1.27 bits per heavy atom. The predicted molar refractivity (Wildman–Crippen MR) is 104 cm³/mol. The lowest BCUT2D eigenvalue weighted by Crippen LogP contribution is -2.42. The highest BCUT2D eigenvalue weighted by Gasteiger charge is 2.45. The van der Waals surface area contributed by atoms with Crippen LogP contribution in [0.5, 0.6) is 0 Å². The highest BCUT2D eigenvalue weighted by atomic mass is 32.1. The topological polar surface area (TPSA) is 37.4 Å². The quantitative estimate of drug-likeness (QED) is 0.895. The summed E-state index contributed by atoms with van der Waals surface area (Å²) in [5.74, 6) is 0. The molecule has 26 heavy (non-hydrogen) atoms. The fourth-order valence-corrected chi connectivity index (χ4v) is 5.79. The lowest BCUT2D eigenvalue weighted by Gasteiger charge is -2.40. The summed E-state index contributed by atoms with van der Waals surface area (Å²) >= 11 is 1.77. The number of hydrogen-bond donors (Lipinski definition) is 1. The average molecular weight is 370 g/mol. The van der Waals surface area contributed by atoms with Gasteiger partial charge in [0.05, 0.1) is 13.2 Å². The third kappa shape index (κ3) is 3.11. The minimum absolute atomic E-state index is 0.354. The highest BCUT2D eigenvalue weighted by molar-refractivity contribution is 7.09. The van der Waals surface area contributed by atoms with Gasteiger partial charge in [0.2, 0.25) is 0 Å². The number of aromatic nitrogens is 1. The molecule has 1 spiro atoms. The van der Waals surface area contributed by atoms with E-state index in [1.807, 2.05) is 6.20 Å². The molecule has 4 nitrogen and oxygen atoms in total. The maximum absolute atomic E-state index is 5.58. The number of nitrogens with one attached hydrogen (secondary N) is 1. The second kappa shape index (κ2) is 7.04. The lowest BCUT2D eigenvalue weighted by molar-refractivity contribution is 0.144. The standard InChI is InChI=1S/C21H27N3OS/c1-2-4-18-17(3-1)19(23-16-5-11-25-15-16)13-21(18)6-9-24(10-7-21)14-20-22-8-12-26-20/h1-4,8,12,16,19,23H,5-7,9-11,13-15H2/t16-,19+/m0/s1. The summed E-state index contributed by atoms with van der Waals surface area (Å²) in [5, 5.41) is 7.23. The van der Waals surface area contributed by atoms with Gasteiger partial charge in [-0.05, 0) is 55.3 Å².